The monoisotopic (exact) mass is 319 g/mol. The summed E-state index contributed by atoms with van der Waals surface area (Å²) in [6.45, 7) is -0.115. The lowest BCUT2D eigenvalue weighted by molar-refractivity contribution is -0.165. The van der Waals surface area contributed by atoms with E-state index >= 15 is 0 Å². The van der Waals surface area contributed by atoms with E-state index < -0.39 is 30.4 Å². The van der Waals surface area contributed by atoms with Crippen LogP contribution in [0.5, 0.6) is 0 Å². The molecule has 2 N–H and O–H groups in total. The van der Waals surface area contributed by atoms with Crippen LogP contribution in [0, 0.1) is 0 Å². The number of carbonyl (C=O) groups is 1. The molecule has 1 saturated heterocycles. The Balaban J connectivity index is 1.98. The number of hydrogen-bond donors (Lipinski definition) is 2. The standard InChI is InChI=1S/C12H21N3O5S/c1-14(2)11-13-7-9(17)8(16)6(20-10(7)21-11)5-19-12(18)15(3)4/h6-10,16-17H,5H2,1-4H3/t6-,7-,8+,9-,10-/m1/s1. The molecule has 0 aromatic heterocycles. The second kappa shape index (κ2) is 6.39. The molecule has 1 fully saturated rings. The van der Waals surface area contributed by atoms with Gasteiger partial charge in [-0.05, 0) is 0 Å². The Kier molecular flexibility index (Phi) is 4.97. The summed E-state index contributed by atoms with van der Waals surface area (Å²) in [6.07, 6.45) is -3.48. The summed E-state index contributed by atoms with van der Waals surface area (Å²) in [5, 5.41) is 21.0. The van der Waals surface area contributed by atoms with Gasteiger partial charge in [0.2, 0.25) is 0 Å². The fourth-order valence-electron chi connectivity index (χ4n) is 2.05. The van der Waals surface area contributed by atoms with Gasteiger partial charge in [-0.1, -0.05) is 11.8 Å². The summed E-state index contributed by atoms with van der Waals surface area (Å²) >= 11 is 1.38. The molecule has 0 aromatic rings. The summed E-state index contributed by atoms with van der Waals surface area (Å²) in [7, 11) is 6.83. The second-order valence-electron chi connectivity index (χ2n) is 5.41. The van der Waals surface area contributed by atoms with Gasteiger partial charge < -0.3 is 29.5 Å². The number of carbonyl (C=O) groups excluding carboxylic acids is 1. The van der Waals surface area contributed by atoms with E-state index in [2.05, 4.69) is 4.99 Å². The van der Waals surface area contributed by atoms with Gasteiger partial charge in [-0.25, -0.2) is 4.79 Å². The van der Waals surface area contributed by atoms with Gasteiger partial charge in [-0.3, -0.25) is 4.99 Å². The van der Waals surface area contributed by atoms with Crippen molar-refractivity contribution in [2.75, 3.05) is 34.8 Å². The van der Waals surface area contributed by atoms with Gasteiger partial charge in [0.1, 0.15) is 36.4 Å². The fraction of sp³-hybridized carbons (Fsp3) is 0.833. The van der Waals surface area contributed by atoms with Crippen LogP contribution in [0.2, 0.25) is 0 Å². The molecule has 5 atom stereocenters. The maximum absolute atomic E-state index is 11.4. The molecule has 0 bridgehead atoms. The van der Waals surface area contributed by atoms with Crippen molar-refractivity contribution in [1.29, 1.82) is 0 Å². The van der Waals surface area contributed by atoms with Crippen molar-refractivity contribution in [3.63, 3.8) is 0 Å². The minimum Gasteiger partial charge on any atom is -0.447 e. The van der Waals surface area contributed by atoms with Crippen molar-refractivity contribution < 1.29 is 24.5 Å². The average Bonchev–Trinajstić information content (AvgIpc) is 2.85. The molecular formula is C12H21N3O5S. The quantitative estimate of drug-likeness (QED) is 0.685. The normalized spacial score (nSPS) is 35.0. The van der Waals surface area contributed by atoms with Crippen molar-refractivity contribution in [2.24, 2.45) is 4.99 Å². The number of aliphatic hydroxyl groups is 2. The molecule has 2 aliphatic heterocycles. The summed E-state index contributed by atoms with van der Waals surface area (Å²) in [4.78, 5) is 18.9. The first-order valence-electron chi connectivity index (χ1n) is 6.58. The third kappa shape index (κ3) is 3.42. The van der Waals surface area contributed by atoms with E-state index in [-0.39, 0.29) is 12.0 Å². The number of nitrogens with zero attached hydrogens (tertiary/aromatic N) is 3. The number of rotatable bonds is 2. The highest BCUT2D eigenvalue weighted by atomic mass is 32.2. The fourth-order valence-corrected chi connectivity index (χ4v) is 3.21. The van der Waals surface area contributed by atoms with Crippen LogP contribution in [0.3, 0.4) is 0 Å². The van der Waals surface area contributed by atoms with Gasteiger partial charge >= 0.3 is 6.09 Å². The minimum atomic E-state index is -1.15. The first-order valence-corrected chi connectivity index (χ1v) is 7.46. The predicted molar refractivity (Wildman–Crippen MR) is 78.2 cm³/mol. The Morgan fingerprint density at radius 1 is 1.33 bits per heavy atom. The molecule has 1 amide bonds. The minimum absolute atomic E-state index is 0.115. The van der Waals surface area contributed by atoms with Crippen molar-refractivity contribution in [3.05, 3.63) is 0 Å². The van der Waals surface area contributed by atoms with Crippen LogP contribution in [0.4, 0.5) is 4.79 Å². The van der Waals surface area contributed by atoms with E-state index in [0.717, 1.165) is 5.17 Å². The highest BCUT2D eigenvalue weighted by Gasteiger charge is 2.48. The first kappa shape index (κ1) is 16.3. The van der Waals surface area contributed by atoms with Crippen LogP contribution in [0.1, 0.15) is 0 Å². The van der Waals surface area contributed by atoms with Crippen molar-refractivity contribution in [3.8, 4) is 0 Å². The number of amidine groups is 1. The third-order valence-corrected chi connectivity index (χ3v) is 4.57. The Hall–Kier alpha value is -1.03. The molecule has 0 unspecified atom stereocenters. The highest BCUT2D eigenvalue weighted by molar-refractivity contribution is 8.14. The van der Waals surface area contributed by atoms with E-state index in [1.165, 1.54) is 16.7 Å². The molecule has 2 rings (SSSR count). The molecule has 9 heteroatoms. The Labute approximate surface area is 127 Å². The van der Waals surface area contributed by atoms with Gasteiger partial charge in [0, 0.05) is 28.2 Å². The smallest absolute Gasteiger partial charge is 0.409 e. The summed E-state index contributed by atoms with van der Waals surface area (Å²) in [5.74, 6) is 0. The topological polar surface area (TPSA) is 94.8 Å². The Bertz CT molecular complexity index is 431. The van der Waals surface area contributed by atoms with Crippen LogP contribution in [0.15, 0.2) is 4.99 Å². The maximum Gasteiger partial charge on any atom is 0.409 e. The van der Waals surface area contributed by atoms with Crippen LogP contribution >= 0.6 is 11.8 Å². The Morgan fingerprint density at radius 2 is 2.00 bits per heavy atom. The SMILES string of the molecule is CN(C)C(=O)OC[C@H]1O[C@@H]2SC(N(C)C)=N[C@@H]2[C@@H](O)[C@H]1O. The number of aliphatic imine (C=N–C) groups is 1. The van der Waals surface area contributed by atoms with Gasteiger partial charge in [-0.15, -0.1) is 0 Å². The summed E-state index contributed by atoms with van der Waals surface area (Å²) in [6, 6.07) is -0.511. The zero-order valence-electron chi connectivity index (χ0n) is 12.5. The number of thioether (sulfide) groups is 1. The van der Waals surface area contributed by atoms with Crippen molar-refractivity contribution in [1.82, 2.24) is 9.80 Å². The molecular weight excluding hydrogens is 298 g/mol. The molecule has 0 saturated carbocycles. The molecule has 21 heavy (non-hydrogen) atoms. The Morgan fingerprint density at radius 3 is 2.57 bits per heavy atom. The van der Waals surface area contributed by atoms with Crippen molar-refractivity contribution in [2.45, 2.75) is 29.8 Å². The van der Waals surface area contributed by atoms with E-state index in [1.54, 1.807) is 14.1 Å². The molecule has 0 radical (unpaired) electrons. The third-order valence-electron chi connectivity index (χ3n) is 3.27. The zero-order chi connectivity index (χ0) is 15.7. The zero-order valence-corrected chi connectivity index (χ0v) is 13.3. The number of hydrogen-bond acceptors (Lipinski definition) is 8. The highest BCUT2D eigenvalue weighted by Crippen LogP contribution is 2.37. The molecule has 2 aliphatic rings. The molecule has 8 nitrogen and oxygen atoms in total. The van der Waals surface area contributed by atoms with Crippen molar-refractivity contribution >= 4 is 23.0 Å². The van der Waals surface area contributed by atoms with Gasteiger partial charge in [0.05, 0.1) is 0 Å². The van der Waals surface area contributed by atoms with E-state index in [9.17, 15) is 15.0 Å². The average molecular weight is 319 g/mol. The lowest BCUT2D eigenvalue weighted by Crippen LogP contribution is -2.56. The van der Waals surface area contributed by atoms with E-state index in [1.807, 2.05) is 19.0 Å². The van der Waals surface area contributed by atoms with Crippen LogP contribution < -0.4 is 0 Å². The lowest BCUT2D eigenvalue weighted by atomic mass is 9.99. The van der Waals surface area contributed by atoms with Crippen LogP contribution in [-0.4, -0.2) is 95.9 Å². The lowest BCUT2D eigenvalue weighted by Gasteiger charge is -2.37. The largest absolute Gasteiger partial charge is 0.447 e. The number of amides is 1. The summed E-state index contributed by atoms with van der Waals surface area (Å²) in [5.41, 5.74) is -0.385. The predicted octanol–water partition coefficient (Wildman–Crippen LogP) is -0.836. The van der Waals surface area contributed by atoms with E-state index in [4.69, 9.17) is 9.47 Å². The maximum atomic E-state index is 11.4. The first-order chi connectivity index (χ1) is 9.81. The second-order valence-corrected chi connectivity index (χ2v) is 6.48. The van der Waals surface area contributed by atoms with Gasteiger partial charge in [-0.2, -0.15) is 0 Å². The molecule has 0 spiro atoms. The van der Waals surface area contributed by atoms with Crippen LogP contribution in [0.25, 0.3) is 0 Å². The van der Waals surface area contributed by atoms with Gasteiger partial charge in [0.15, 0.2) is 5.17 Å². The summed E-state index contributed by atoms with van der Waals surface area (Å²) < 4.78 is 10.7. The number of ether oxygens (including phenoxy) is 2. The molecule has 0 aliphatic carbocycles. The molecule has 120 valence electrons. The number of fused-ring (bicyclic) bond motifs is 1. The van der Waals surface area contributed by atoms with E-state index in [0.29, 0.717) is 0 Å². The van der Waals surface area contributed by atoms with Gasteiger partial charge in [0.25, 0.3) is 0 Å². The molecule has 2 heterocycles. The number of aliphatic hydroxyl groups excluding tert-OH is 2. The van der Waals surface area contributed by atoms with Crippen LogP contribution in [-0.2, 0) is 9.47 Å². The molecule has 0 aromatic carbocycles.